The molecule has 0 atom stereocenters. The van der Waals surface area contributed by atoms with Crippen molar-refractivity contribution in [1.82, 2.24) is 5.32 Å². The second-order valence-electron chi connectivity index (χ2n) is 4.67. The number of benzene rings is 1. The normalized spacial score (nSPS) is 10.4. The zero-order valence-corrected chi connectivity index (χ0v) is 11.3. The molecule has 2 amide bonds. The lowest BCUT2D eigenvalue weighted by molar-refractivity contribution is 0.198. The van der Waals surface area contributed by atoms with Crippen LogP contribution in [-0.2, 0) is 11.2 Å². The molecule has 0 unspecified atom stereocenters. The highest BCUT2D eigenvalue weighted by Crippen LogP contribution is 2.14. The molecule has 4 nitrogen and oxygen atoms in total. The van der Waals surface area contributed by atoms with Gasteiger partial charge in [0.2, 0.25) is 0 Å². The fourth-order valence-electron chi connectivity index (χ4n) is 1.69. The van der Waals surface area contributed by atoms with Crippen LogP contribution in [0, 0.1) is 5.92 Å². The van der Waals surface area contributed by atoms with Crippen LogP contribution in [0.2, 0.25) is 0 Å². The molecule has 2 N–H and O–H groups in total. The number of rotatable bonds is 6. The first-order valence-electron chi connectivity index (χ1n) is 6.24. The van der Waals surface area contributed by atoms with Crippen molar-refractivity contribution in [2.45, 2.75) is 20.3 Å². The van der Waals surface area contributed by atoms with E-state index < -0.39 is 0 Å². The SMILES string of the molecule is COCCNC(=O)Nc1cccc(CC(C)C)c1. The summed E-state index contributed by atoms with van der Waals surface area (Å²) < 4.78 is 4.86. The first kappa shape index (κ1) is 14.5. The van der Waals surface area contributed by atoms with Gasteiger partial charge in [-0.25, -0.2) is 4.79 Å². The lowest BCUT2D eigenvalue weighted by atomic mass is 10.0. The summed E-state index contributed by atoms with van der Waals surface area (Å²) in [4.78, 5) is 11.5. The van der Waals surface area contributed by atoms with E-state index in [-0.39, 0.29) is 6.03 Å². The zero-order chi connectivity index (χ0) is 13.4. The molecule has 0 aliphatic heterocycles. The van der Waals surface area contributed by atoms with Gasteiger partial charge < -0.3 is 15.4 Å². The number of amides is 2. The molecule has 0 spiro atoms. The summed E-state index contributed by atoms with van der Waals surface area (Å²) in [5.41, 5.74) is 2.06. The van der Waals surface area contributed by atoms with Gasteiger partial charge in [-0.1, -0.05) is 26.0 Å². The van der Waals surface area contributed by atoms with E-state index in [1.165, 1.54) is 5.56 Å². The first-order chi connectivity index (χ1) is 8.61. The van der Waals surface area contributed by atoms with Crippen LogP contribution in [0.1, 0.15) is 19.4 Å². The molecule has 100 valence electrons. The number of carbonyl (C=O) groups excluding carboxylic acids is 1. The summed E-state index contributed by atoms with van der Waals surface area (Å²) in [5.74, 6) is 0.607. The molecule has 0 bridgehead atoms. The lowest BCUT2D eigenvalue weighted by Crippen LogP contribution is -2.31. The number of urea groups is 1. The Hall–Kier alpha value is -1.55. The fourth-order valence-corrected chi connectivity index (χ4v) is 1.69. The Bertz CT molecular complexity index is 378. The van der Waals surface area contributed by atoms with Gasteiger partial charge in [0.15, 0.2) is 0 Å². The maximum Gasteiger partial charge on any atom is 0.319 e. The number of nitrogens with one attached hydrogen (secondary N) is 2. The molecule has 0 saturated carbocycles. The van der Waals surface area contributed by atoms with Crippen molar-refractivity contribution in [2.75, 3.05) is 25.6 Å². The monoisotopic (exact) mass is 250 g/mol. The largest absolute Gasteiger partial charge is 0.383 e. The molecular weight excluding hydrogens is 228 g/mol. The summed E-state index contributed by atoms with van der Waals surface area (Å²) in [7, 11) is 1.61. The highest BCUT2D eigenvalue weighted by Gasteiger charge is 2.03. The number of ether oxygens (including phenoxy) is 1. The Morgan fingerprint density at radius 1 is 1.39 bits per heavy atom. The molecule has 0 radical (unpaired) electrons. The summed E-state index contributed by atoms with van der Waals surface area (Å²) in [6.07, 6.45) is 1.01. The Kier molecular flexibility index (Phi) is 6.22. The molecule has 1 aromatic carbocycles. The molecule has 0 fully saturated rings. The molecule has 1 aromatic rings. The van der Waals surface area contributed by atoms with Crippen molar-refractivity contribution in [3.63, 3.8) is 0 Å². The fraction of sp³-hybridized carbons (Fsp3) is 0.500. The van der Waals surface area contributed by atoms with E-state index in [1.807, 2.05) is 18.2 Å². The van der Waals surface area contributed by atoms with Crippen LogP contribution >= 0.6 is 0 Å². The Balaban J connectivity index is 2.48. The van der Waals surface area contributed by atoms with Crippen LogP contribution in [0.15, 0.2) is 24.3 Å². The Morgan fingerprint density at radius 3 is 2.83 bits per heavy atom. The maximum atomic E-state index is 11.5. The highest BCUT2D eigenvalue weighted by atomic mass is 16.5. The summed E-state index contributed by atoms with van der Waals surface area (Å²) in [5, 5.41) is 5.53. The molecular formula is C14H22N2O2. The van der Waals surface area contributed by atoms with E-state index in [9.17, 15) is 4.79 Å². The van der Waals surface area contributed by atoms with Gasteiger partial charge in [0, 0.05) is 19.3 Å². The number of carbonyl (C=O) groups is 1. The summed E-state index contributed by atoms with van der Waals surface area (Å²) >= 11 is 0. The van der Waals surface area contributed by atoms with Crippen molar-refractivity contribution in [3.8, 4) is 0 Å². The molecule has 0 aliphatic carbocycles. The predicted molar refractivity (Wildman–Crippen MR) is 73.9 cm³/mol. The van der Waals surface area contributed by atoms with E-state index in [1.54, 1.807) is 7.11 Å². The van der Waals surface area contributed by atoms with Crippen LogP contribution in [0.4, 0.5) is 10.5 Å². The van der Waals surface area contributed by atoms with Crippen molar-refractivity contribution in [1.29, 1.82) is 0 Å². The predicted octanol–water partition coefficient (Wildman–Crippen LogP) is 2.65. The average Bonchev–Trinajstić information content (AvgIpc) is 2.28. The Morgan fingerprint density at radius 2 is 2.17 bits per heavy atom. The van der Waals surface area contributed by atoms with Crippen molar-refractivity contribution >= 4 is 11.7 Å². The first-order valence-corrected chi connectivity index (χ1v) is 6.24. The molecule has 0 aliphatic rings. The summed E-state index contributed by atoms with van der Waals surface area (Å²) in [6, 6.07) is 7.74. The molecule has 0 heterocycles. The molecule has 0 aromatic heterocycles. The lowest BCUT2D eigenvalue weighted by Gasteiger charge is -2.10. The third-order valence-electron chi connectivity index (χ3n) is 2.42. The average molecular weight is 250 g/mol. The van der Waals surface area contributed by atoms with Gasteiger partial charge in [-0.15, -0.1) is 0 Å². The van der Waals surface area contributed by atoms with E-state index in [0.717, 1.165) is 12.1 Å². The third-order valence-corrected chi connectivity index (χ3v) is 2.42. The van der Waals surface area contributed by atoms with Gasteiger partial charge in [-0.3, -0.25) is 0 Å². The van der Waals surface area contributed by atoms with Crippen LogP contribution in [0.25, 0.3) is 0 Å². The summed E-state index contributed by atoms with van der Waals surface area (Å²) in [6.45, 7) is 5.38. The Labute approximate surface area is 109 Å². The standard InChI is InChI=1S/C14H22N2O2/c1-11(2)9-12-5-4-6-13(10-12)16-14(17)15-7-8-18-3/h4-6,10-11H,7-9H2,1-3H3,(H2,15,16,17). The molecule has 0 saturated heterocycles. The minimum atomic E-state index is -0.200. The van der Waals surface area contributed by atoms with Gasteiger partial charge in [0.05, 0.1) is 6.61 Å². The second-order valence-corrected chi connectivity index (χ2v) is 4.67. The van der Waals surface area contributed by atoms with E-state index in [2.05, 4.69) is 30.5 Å². The van der Waals surface area contributed by atoms with Gasteiger partial charge in [0.25, 0.3) is 0 Å². The van der Waals surface area contributed by atoms with Crippen LogP contribution in [-0.4, -0.2) is 26.3 Å². The zero-order valence-electron chi connectivity index (χ0n) is 11.3. The maximum absolute atomic E-state index is 11.5. The van der Waals surface area contributed by atoms with E-state index in [4.69, 9.17) is 4.74 Å². The van der Waals surface area contributed by atoms with Gasteiger partial charge >= 0.3 is 6.03 Å². The van der Waals surface area contributed by atoms with Gasteiger partial charge in [-0.2, -0.15) is 0 Å². The van der Waals surface area contributed by atoms with E-state index in [0.29, 0.717) is 19.1 Å². The minimum absolute atomic E-state index is 0.200. The van der Waals surface area contributed by atoms with Crippen molar-refractivity contribution < 1.29 is 9.53 Å². The van der Waals surface area contributed by atoms with Crippen molar-refractivity contribution in [2.24, 2.45) is 5.92 Å². The third kappa shape index (κ3) is 5.68. The molecule has 1 rings (SSSR count). The van der Waals surface area contributed by atoms with Gasteiger partial charge in [0.1, 0.15) is 0 Å². The van der Waals surface area contributed by atoms with Crippen LogP contribution in [0.3, 0.4) is 0 Å². The van der Waals surface area contributed by atoms with Crippen LogP contribution in [0.5, 0.6) is 0 Å². The highest BCUT2D eigenvalue weighted by molar-refractivity contribution is 5.89. The minimum Gasteiger partial charge on any atom is -0.383 e. The molecule has 4 heteroatoms. The number of anilines is 1. The van der Waals surface area contributed by atoms with Gasteiger partial charge in [-0.05, 0) is 30.0 Å². The number of methoxy groups -OCH3 is 1. The van der Waals surface area contributed by atoms with E-state index >= 15 is 0 Å². The number of hydrogen-bond donors (Lipinski definition) is 2. The molecule has 18 heavy (non-hydrogen) atoms. The number of hydrogen-bond acceptors (Lipinski definition) is 2. The quantitative estimate of drug-likeness (QED) is 0.763. The van der Waals surface area contributed by atoms with Crippen molar-refractivity contribution in [3.05, 3.63) is 29.8 Å². The van der Waals surface area contributed by atoms with Crippen LogP contribution < -0.4 is 10.6 Å². The second kappa shape index (κ2) is 7.71. The topological polar surface area (TPSA) is 50.4 Å². The smallest absolute Gasteiger partial charge is 0.319 e.